The molecule has 9 heteroatoms. The summed E-state index contributed by atoms with van der Waals surface area (Å²) >= 11 is 0. The van der Waals surface area contributed by atoms with E-state index in [-0.39, 0.29) is 36.3 Å². The van der Waals surface area contributed by atoms with E-state index in [1.807, 2.05) is 0 Å². The Kier molecular flexibility index (Phi) is 8.53. The average molecular weight is 372 g/mol. The van der Waals surface area contributed by atoms with Crippen LogP contribution in [0.1, 0.15) is 18.9 Å². The van der Waals surface area contributed by atoms with Crippen LogP contribution in [0.25, 0.3) is 0 Å². The number of amides is 1. The van der Waals surface area contributed by atoms with E-state index in [2.05, 4.69) is 0 Å². The fourth-order valence-corrected chi connectivity index (χ4v) is 2.66. The van der Waals surface area contributed by atoms with Gasteiger partial charge in [0.25, 0.3) is 0 Å². The lowest BCUT2D eigenvalue weighted by molar-refractivity contribution is -0.144. The molecule has 8 nitrogen and oxygen atoms in total. The zero-order valence-corrected chi connectivity index (χ0v) is 15.3. The number of sulfonamides is 1. The van der Waals surface area contributed by atoms with Crippen LogP contribution < -0.4 is 5.14 Å². The zero-order chi connectivity index (χ0) is 18.9. The maximum Gasteiger partial charge on any atom is 0.307 e. The van der Waals surface area contributed by atoms with Crippen LogP contribution in [0.15, 0.2) is 29.2 Å². The van der Waals surface area contributed by atoms with Crippen LogP contribution in [0.2, 0.25) is 0 Å². The topological polar surface area (TPSA) is 116 Å². The van der Waals surface area contributed by atoms with Crippen molar-refractivity contribution in [2.75, 3.05) is 33.4 Å². The van der Waals surface area contributed by atoms with Gasteiger partial charge in [-0.25, -0.2) is 13.6 Å². The normalized spacial score (nSPS) is 11.2. The van der Waals surface area contributed by atoms with Crippen molar-refractivity contribution in [2.45, 2.75) is 24.7 Å². The summed E-state index contributed by atoms with van der Waals surface area (Å²) in [5.41, 5.74) is 0.846. The van der Waals surface area contributed by atoms with E-state index in [0.29, 0.717) is 19.6 Å². The SMILES string of the molecule is CCOC(=O)CCN(CCc1ccc(S(N)(=O)=O)cc1)C(=O)COC. The largest absolute Gasteiger partial charge is 0.466 e. The van der Waals surface area contributed by atoms with Crippen LogP contribution >= 0.6 is 0 Å². The summed E-state index contributed by atoms with van der Waals surface area (Å²) in [4.78, 5) is 25.1. The zero-order valence-electron chi connectivity index (χ0n) is 14.4. The van der Waals surface area contributed by atoms with Crippen LogP contribution in [-0.4, -0.2) is 58.6 Å². The molecule has 1 amide bonds. The third-order valence-corrected chi connectivity index (χ3v) is 4.36. The first kappa shape index (κ1) is 21.1. The van der Waals surface area contributed by atoms with Crippen LogP contribution in [0, 0.1) is 0 Å². The van der Waals surface area contributed by atoms with E-state index in [4.69, 9.17) is 14.6 Å². The molecule has 0 aromatic heterocycles. The second kappa shape index (κ2) is 10.1. The van der Waals surface area contributed by atoms with Crippen LogP contribution in [0.4, 0.5) is 0 Å². The van der Waals surface area contributed by atoms with Crippen molar-refractivity contribution in [1.82, 2.24) is 4.90 Å². The molecule has 1 rings (SSSR count). The van der Waals surface area contributed by atoms with Gasteiger partial charge in [-0.15, -0.1) is 0 Å². The fourth-order valence-electron chi connectivity index (χ4n) is 2.15. The van der Waals surface area contributed by atoms with E-state index in [1.165, 1.54) is 24.1 Å². The van der Waals surface area contributed by atoms with Crippen molar-refractivity contribution in [3.63, 3.8) is 0 Å². The molecule has 0 atom stereocenters. The quantitative estimate of drug-likeness (QED) is 0.591. The van der Waals surface area contributed by atoms with Gasteiger partial charge in [-0.05, 0) is 31.0 Å². The number of nitrogens with zero attached hydrogens (tertiary/aromatic N) is 1. The van der Waals surface area contributed by atoms with Gasteiger partial charge in [0, 0.05) is 20.2 Å². The van der Waals surface area contributed by atoms with E-state index in [1.54, 1.807) is 19.1 Å². The molecule has 0 aliphatic rings. The Balaban J connectivity index is 2.67. The first-order valence-electron chi connectivity index (χ1n) is 7.82. The predicted octanol–water partition coefficient (Wildman–Crippen LogP) is 0.305. The number of primary sulfonamides is 1. The number of rotatable bonds is 10. The smallest absolute Gasteiger partial charge is 0.307 e. The standard InChI is InChI=1S/C16H24N2O6S/c1-3-24-16(20)9-11-18(15(19)12-23-2)10-8-13-4-6-14(7-5-13)25(17,21)22/h4-7H,3,8-12H2,1-2H3,(H2,17,21,22). The van der Waals surface area contributed by atoms with Crippen molar-refractivity contribution in [2.24, 2.45) is 5.14 Å². The van der Waals surface area contributed by atoms with Gasteiger partial charge in [0.2, 0.25) is 15.9 Å². The molecule has 2 N–H and O–H groups in total. The molecule has 1 aromatic rings. The van der Waals surface area contributed by atoms with Gasteiger partial charge in [-0.3, -0.25) is 9.59 Å². The number of nitrogens with two attached hydrogens (primary N) is 1. The summed E-state index contributed by atoms with van der Waals surface area (Å²) in [5.74, 6) is -0.594. The Labute approximate surface area is 147 Å². The Bertz CT molecular complexity index is 672. The number of carbonyl (C=O) groups is 2. The fraction of sp³-hybridized carbons (Fsp3) is 0.500. The van der Waals surface area contributed by atoms with Gasteiger partial charge in [-0.2, -0.15) is 0 Å². The molecule has 0 bridgehead atoms. The van der Waals surface area contributed by atoms with Crippen LogP contribution in [0.3, 0.4) is 0 Å². The minimum Gasteiger partial charge on any atom is -0.466 e. The number of benzene rings is 1. The highest BCUT2D eigenvalue weighted by atomic mass is 32.2. The van der Waals surface area contributed by atoms with Gasteiger partial charge in [0.1, 0.15) is 6.61 Å². The number of hydrogen-bond acceptors (Lipinski definition) is 6. The molecular weight excluding hydrogens is 348 g/mol. The van der Waals surface area contributed by atoms with E-state index >= 15 is 0 Å². The Morgan fingerprint density at radius 1 is 1.16 bits per heavy atom. The van der Waals surface area contributed by atoms with Crippen molar-refractivity contribution in [1.29, 1.82) is 0 Å². The molecule has 0 fully saturated rings. The summed E-state index contributed by atoms with van der Waals surface area (Å²) in [6.07, 6.45) is 0.608. The molecule has 0 saturated carbocycles. The number of hydrogen-bond donors (Lipinski definition) is 1. The summed E-state index contributed by atoms with van der Waals surface area (Å²) < 4.78 is 32.2. The summed E-state index contributed by atoms with van der Waals surface area (Å²) in [6.45, 7) is 2.54. The highest BCUT2D eigenvalue weighted by molar-refractivity contribution is 7.89. The molecule has 0 aliphatic carbocycles. The number of methoxy groups -OCH3 is 1. The Hall–Kier alpha value is -1.97. The van der Waals surface area contributed by atoms with Gasteiger partial charge in [0.15, 0.2) is 0 Å². The van der Waals surface area contributed by atoms with Crippen molar-refractivity contribution < 1.29 is 27.5 Å². The van der Waals surface area contributed by atoms with E-state index < -0.39 is 10.0 Å². The lowest BCUT2D eigenvalue weighted by Crippen LogP contribution is -2.37. The Morgan fingerprint density at radius 3 is 2.32 bits per heavy atom. The molecule has 140 valence electrons. The number of esters is 1. The minimum atomic E-state index is -3.73. The highest BCUT2D eigenvalue weighted by Gasteiger charge is 2.15. The van der Waals surface area contributed by atoms with E-state index in [0.717, 1.165) is 5.56 Å². The summed E-state index contributed by atoms with van der Waals surface area (Å²) in [5, 5.41) is 5.06. The second-order valence-electron chi connectivity index (χ2n) is 5.31. The molecule has 0 saturated heterocycles. The molecule has 1 aromatic carbocycles. The Morgan fingerprint density at radius 2 is 1.80 bits per heavy atom. The maximum atomic E-state index is 12.1. The van der Waals surface area contributed by atoms with Gasteiger partial charge >= 0.3 is 5.97 Å². The lowest BCUT2D eigenvalue weighted by atomic mass is 10.1. The molecule has 0 aliphatic heterocycles. The third kappa shape index (κ3) is 7.63. The van der Waals surface area contributed by atoms with Crippen molar-refractivity contribution in [3.8, 4) is 0 Å². The minimum absolute atomic E-state index is 0.0332. The van der Waals surface area contributed by atoms with Crippen LogP contribution in [0.5, 0.6) is 0 Å². The van der Waals surface area contributed by atoms with Gasteiger partial charge in [-0.1, -0.05) is 12.1 Å². The average Bonchev–Trinajstić information content (AvgIpc) is 2.55. The maximum absolute atomic E-state index is 12.1. The van der Waals surface area contributed by atoms with Gasteiger partial charge in [0.05, 0.1) is 17.9 Å². The lowest BCUT2D eigenvalue weighted by Gasteiger charge is -2.22. The third-order valence-electron chi connectivity index (χ3n) is 3.43. The molecule has 0 heterocycles. The van der Waals surface area contributed by atoms with Crippen LogP contribution in [-0.2, 0) is 35.5 Å². The highest BCUT2D eigenvalue weighted by Crippen LogP contribution is 2.10. The second-order valence-corrected chi connectivity index (χ2v) is 6.87. The van der Waals surface area contributed by atoms with Crippen molar-refractivity contribution >= 4 is 21.9 Å². The first-order valence-corrected chi connectivity index (χ1v) is 9.36. The first-order chi connectivity index (χ1) is 11.8. The predicted molar refractivity (Wildman–Crippen MR) is 91.2 cm³/mol. The van der Waals surface area contributed by atoms with E-state index in [9.17, 15) is 18.0 Å². The van der Waals surface area contributed by atoms with Crippen molar-refractivity contribution in [3.05, 3.63) is 29.8 Å². The molecule has 0 unspecified atom stereocenters. The molecule has 0 radical (unpaired) electrons. The molecule has 0 spiro atoms. The molecule has 25 heavy (non-hydrogen) atoms. The van der Waals surface area contributed by atoms with Gasteiger partial charge < -0.3 is 14.4 Å². The summed E-state index contributed by atoms with van der Waals surface area (Å²) in [6, 6.07) is 6.13. The number of ether oxygens (including phenoxy) is 2. The molecular formula is C16H24N2O6S. The number of carbonyl (C=O) groups excluding carboxylic acids is 2. The monoisotopic (exact) mass is 372 g/mol. The summed E-state index contributed by atoms with van der Waals surface area (Å²) in [7, 11) is -2.30.